The van der Waals surface area contributed by atoms with Crippen LogP contribution < -0.4 is 9.75 Å². The normalized spacial score (nSPS) is 13.8. The highest BCUT2D eigenvalue weighted by atomic mass is 32.2. The zero-order chi connectivity index (χ0) is 29.6. The van der Waals surface area contributed by atoms with Gasteiger partial charge in [0, 0.05) is 21.2 Å². The molecule has 1 aliphatic rings. The van der Waals surface area contributed by atoms with E-state index in [2.05, 4.69) is 134 Å². The first-order valence-corrected chi connectivity index (χ1v) is 19.5. The van der Waals surface area contributed by atoms with E-state index in [0.29, 0.717) is 0 Å². The van der Waals surface area contributed by atoms with Gasteiger partial charge >= 0.3 is 0 Å². The average molecular weight is 577 g/mol. The standard InChI is InChI=1S/C38H46NSSi/c1-23-30-18-24(21-37(2,3)4)12-14-28(30)31(22-38(5,6)7)36-33(23)35-34-29(16-17-39(35)8)27-15-13-26(41(9,10)11)19-25(27)20-32(34)40-36/h12-20H,21-22H2,1-11H3/q+1. The highest BCUT2D eigenvalue weighted by molar-refractivity contribution is 8.00. The second kappa shape index (κ2) is 9.44. The molecule has 5 aromatic rings. The molecule has 0 atom stereocenters. The Hall–Kier alpha value is -2.62. The lowest BCUT2D eigenvalue weighted by molar-refractivity contribution is -0.659. The Bertz CT molecular complexity index is 1880. The number of rotatable bonds is 3. The largest absolute Gasteiger partial charge is 0.222 e. The molecule has 0 aliphatic carbocycles. The van der Waals surface area contributed by atoms with Crippen molar-refractivity contribution in [2.24, 2.45) is 17.9 Å². The predicted octanol–water partition coefficient (Wildman–Crippen LogP) is 10.1. The minimum Gasteiger partial charge on any atom is -0.200 e. The van der Waals surface area contributed by atoms with Crippen LogP contribution in [0.15, 0.2) is 64.5 Å². The number of aromatic nitrogens is 1. The molecular weight excluding hydrogens is 531 g/mol. The Labute approximate surface area is 252 Å². The van der Waals surface area contributed by atoms with Gasteiger partial charge in [-0.1, -0.05) is 115 Å². The third-order valence-electron chi connectivity index (χ3n) is 8.64. The first-order valence-electron chi connectivity index (χ1n) is 15.2. The summed E-state index contributed by atoms with van der Waals surface area (Å²) >= 11 is 2.02. The summed E-state index contributed by atoms with van der Waals surface area (Å²) in [6.45, 7) is 23.9. The molecule has 6 rings (SSSR count). The maximum Gasteiger partial charge on any atom is 0.222 e. The third kappa shape index (κ3) is 5.04. The molecule has 4 aromatic carbocycles. The molecule has 1 nitrogen and oxygen atoms in total. The molecular formula is C38H46NSSi+. The quantitative estimate of drug-likeness (QED) is 0.115. The summed E-state index contributed by atoms with van der Waals surface area (Å²) in [6.07, 6.45) is 4.43. The maximum atomic E-state index is 2.50. The summed E-state index contributed by atoms with van der Waals surface area (Å²) < 4.78 is 2.38. The van der Waals surface area contributed by atoms with Crippen LogP contribution in [0, 0.1) is 17.8 Å². The zero-order valence-electron chi connectivity index (χ0n) is 27.0. The van der Waals surface area contributed by atoms with E-state index in [9.17, 15) is 0 Å². The van der Waals surface area contributed by atoms with Crippen LogP contribution in [0.1, 0.15) is 58.2 Å². The Morgan fingerprint density at radius 2 is 1.44 bits per heavy atom. The van der Waals surface area contributed by atoms with Crippen molar-refractivity contribution >= 4 is 57.3 Å². The molecule has 0 fully saturated rings. The van der Waals surface area contributed by atoms with Gasteiger partial charge in [0.15, 0.2) is 6.20 Å². The molecule has 1 aliphatic heterocycles. The van der Waals surface area contributed by atoms with Crippen molar-refractivity contribution in [3.63, 3.8) is 0 Å². The Morgan fingerprint density at radius 3 is 2.10 bits per heavy atom. The third-order valence-corrected chi connectivity index (χ3v) is 11.9. The van der Waals surface area contributed by atoms with Crippen molar-refractivity contribution in [3.8, 4) is 11.3 Å². The highest BCUT2D eigenvalue weighted by Gasteiger charge is 2.33. The summed E-state index contributed by atoms with van der Waals surface area (Å²) in [7, 11) is 0.822. The van der Waals surface area contributed by atoms with Crippen molar-refractivity contribution in [1.29, 1.82) is 0 Å². The fourth-order valence-corrected chi connectivity index (χ4v) is 9.33. The van der Waals surface area contributed by atoms with Gasteiger partial charge in [0.1, 0.15) is 7.05 Å². The first-order chi connectivity index (χ1) is 19.0. The zero-order valence-corrected chi connectivity index (χ0v) is 28.8. The molecule has 0 saturated carbocycles. The highest BCUT2D eigenvalue weighted by Crippen LogP contribution is 2.53. The van der Waals surface area contributed by atoms with E-state index >= 15 is 0 Å². The molecule has 1 aromatic heterocycles. The lowest BCUT2D eigenvalue weighted by Gasteiger charge is -2.28. The van der Waals surface area contributed by atoms with E-state index in [1.807, 2.05) is 11.8 Å². The molecule has 3 heteroatoms. The predicted molar refractivity (Wildman–Crippen MR) is 184 cm³/mol. The lowest BCUT2D eigenvalue weighted by atomic mass is 9.81. The summed E-state index contributed by atoms with van der Waals surface area (Å²) in [5, 5.41) is 9.93. The van der Waals surface area contributed by atoms with Crippen molar-refractivity contribution in [1.82, 2.24) is 0 Å². The molecule has 0 amide bonds. The summed E-state index contributed by atoms with van der Waals surface area (Å²) in [5.41, 5.74) is 7.62. The SMILES string of the molecule is Cc1c2c(c(CC(C)(C)C)c3ccc(CC(C)(C)C)cc13)Sc1cc3cc([Si](C)(C)C)ccc3c3cc[n+](C)c-2c13. The van der Waals surface area contributed by atoms with Gasteiger partial charge in [-0.15, -0.1) is 0 Å². The number of benzene rings is 4. The molecule has 41 heavy (non-hydrogen) atoms. The summed E-state index contributed by atoms with van der Waals surface area (Å²) in [4.78, 5) is 2.86. The van der Waals surface area contributed by atoms with Crippen LogP contribution in [-0.4, -0.2) is 8.07 Å². The van der Waals surface area contributed by atoms with Crippen molar-refractivity contribution in [2.75, 3.05) is 0 Å². The number of hydrogen-bond acceptors (Lipinski definition) is 1. The number of nitrogens with zero attached hydrogens (tertiary/aromatic N) is 1. The van der Waals surface area contributed by atoms with Crippen LogP contribution in [0.2, 0.25) is 19.6 Å². The first kappa shape index (κ1) is 28.5. The van der Waals surface area contributed by atoms with E-state index < -0.39 is 8.07 Å². The average Bonchev–Trinajstić information content (AvgIpc) is 2.85. The van der Waals surface area contributed by atoms with Crippen LogP contribution in [0.3, 0.4) is 0 Å². The topological polar surface area (TPSA) is 3.88 Å². The molecule has 0 radical (unpaired) electrons. The van der Waals surface area contributed by atoms with Gasteiger partial charge in [-0.3, -0.25) is 0 Å². The molecule has 0 bridgehead atoms. The second-order valence-corrected chi connectivity index (χ2v) is 22.0. The van der Waals surface area contributed by atoms with E-state index in [1.54, 1.807) is 0 Å². The van der Waals surface area contributed by atoms with Crippen molar-refractivity contribution in [3.05, 3.63) is 71.4 Å². The van der Waals surface area contributed by atoms with Crippen LogP contribution in [-0.2, 0) is 19.9 Å². The smallest absolute Gasteiger partial charge is 0.200 e. The minimum atomic E-state index is -1.41. The lowest BCUT2D eigenvalue weighted by Crippen LogP contribution is -2.37. The summed E-state index contributed by atoms with van der Waals surface area (Å²) in [6, 6.07) is 19.4. The summed E-state index contributed by atoms with van der Waals surface area (Å²) in [5.74, 6) is 0. The van der Waals surface area contributed by atoms with E-state index in [4.69, 9.17) is 0 Å². The molecule has 2 heterocycles. The van der Waals surface area contributed by atoms with Crippen LogP contribution in [0.25, 0.3) is 43.6 Å². The number of hydrogen-bond donors (Lipinski definition) is 0. The van der Waals surface area contributed by atoms with Gasteiger partial charge in [0.2, 0.25) is 5.69 Å². The van der Waals surface area contributed by atoms with E-state index in [0.717, 1.165) is 12.8 Å². The number of fused-ring (bicyclic) bond motifs is 5. The number of pyridine rings is 1. The molecule has 0 spiro atoms. The van der Waals surface area contributed by atoms with Gasteiger partial charge in [0.05, 0.1) is 19.0 Å². The van der Waals surface area contributed by atoms with Gasteiger partial charge in [-0.05, 0) is 74.9 Å². The monoisotopic (exact) mass is 576 g/mol. The van der Waals surface area contributed by atoms with Crippen LogP contribution in [0.4, 0.5) is 0 Å². The van der Waals surface area contributed by atoms with Gasteiger partial charge < -0.3 is 0 Å². The Morgan fingerprint density at radius 1 is 0.756 bits per heavy atom. The minimum absolute atomic E-state index is 0.185. The second-order valence-electron chi connectivity index (χ2n) is 15.9. The fourth-order valence-electron chi connectivity index (χ4n) is 6.79. The van der Waals surface area contributed by atoms with Gasteiger partial charge in [-0.2, -0.15) is 0 Å². The molecule has 0 saturated heterocycles. The van der Waals surface area contributed by atoms with Crippen LogP contribution in [0.5, 0.6) is 0 Å². The molecule has 0 N–H and O–H groups in total. The maximum absolute atomic E-state index is 2.50. The Kier molecular flexibility index (Phi) is 6.56. The van der Waals surface area contributed by atoms with Crippen molar-refractivity contribution in [2.45, 2.75) is 90.7 Å². The number of aryl methyl sites for hydroxylation is 2. The fraction of sp³-hybridized carbons (Fsp3) is 0.395. The van der Waals surface area contributed by atoms with E-state index in [-0.39, 0.29) is 10.8 Å². The van der Waals surface area contributed by atoms with Gasteiger partial charge in [-0.25, -0.2) is 4.57 Å². The van der Waals surface area contributed by atoms with Gasteiger partial charge in [0.25, 0.3) is 0 Å². The van der Waals surface area contributed by atoms with Crippen molar-refractivity contribution < 1.29 is 4.57 Å². The van der Waals surface area contributed by atoms with Crippen LogP contribution >= 0.6 is 11.8 Å². The molecule has 0 unspecified atom stereocenters. The van der Waals surface area contributed by atoms with E-state index in [1.165, 1.54) is 75.2 Å². The Balaban J connectivity index is 1.72. The molecule has 212 valence electrons.